The van der Waals surface area contributed by atoms with Crippen LogP contribution >= 0.6 is 0 Å². The van der Waals surface area contributed by atoms with E-state index in [1.165, 1.54) is 0 Å². The minimum absolute atomic E-state index is 0.0333. The van der Waals surface area contributed by atoms with Gasteiger partial charge in [0.05, 0.1) is 12.5 Å². The van der Waals surface area contributed by atoms with Crippen molar-refractivity contribution in [3.63, 3.8) is 0 Å². The van der Waals surface area contributed by atoms with Crippen LogP contribution in [-0.4, -0.2) is 18.4 Å². The molecule has 5 heteroatoms. The van der Waals surface area contributed by atoms with E-state index < -0.39 is 0 Å². The molecular formula is C17H15N3O2. The van der Waals surface area contributed by atoms with Crippen molar-refractivity contribution in [2.24, 2.45) is 0 Å². The number of hydrogen-bond acceptors (Lipinski definition) is 3. The Labute approximate surface area is 128 Å². The lowest BCUT2D eigenvalue weighted by atomic mass is 10.1. The van der Waals surface area contributed by atoms with Gasteiger partial charge in [0.2, 0.25) is 5.91 Å². The maximum Gasteiger partial charge on any atom is 0.252 e. The highest BCUT2D eigenvalue weighted by Gasteiger charge is 2.06. The minimum atomic E-state index is -0.316. The monoisotopic (exact) mass is 293 g/mol. The lowest BCUT2D eigenvalue weighted by Gasteiger charge is -2.06. The average Bonchev–Trinajstić information content (AvgIpc) is 2.54. The quantitative estimate of drug-likeness (QED) is 0.828. The maximum atomic E-state index is 11.9. The molecule has 2 amide bonds. The Hall–Kier alpha value is -3.13. The summed E-state index contributed by atoms with van der Waals surface area (Å²) in [5, 5.41) is 13.6. The van der Waals surface area contributed by atoms with Crippen LogP contribution in [0.3, 0.4) is 0 Å². The molecule has 0 bridgehead atoms. The van der Waals surface area contributed by atoms with Gasteiger partial charge in [-0.1, -0.05) is 30.3 Å². The van der Waals surface area contributed by atoms with Crippen molar-refractivity contribution >= 4 is 17.5 Å². The molecule has 0 spiro atoms. The van der Waals surface area contributed by atoms with Gasteiger partial charge < -0.3 is 10.6 Å². The number of nitriles is 1. The molecule has 0 atom stereocenters. The van der Waals surface area contributed by atoms with Crippen LogP contribution in [0.15, 0.2) is 54.6 Å². The zero-order chi connectivity index (χ0) is 15.8. The Morgan fingerprint density at radius 2 is 1.68 bits per heavy atom. The van der Waals surface area contributed by atoms with Crippen LogP contribution in [-0.2, 0) is 11.2 Å². The van der Waals surface area contributed by atoms with E-state index in [9.17, 15) is 9.59 Å². The number of rotatable bonds is 5. The van der Waals surface area contributed by atoms with Crippen LogP contribution in [0.1, 0.15) is 15.9 Å². The zero-order valence-corrected chi connectivity index (χ0v) is 11.9. The van der Waals surface area contributed by atoms with E-state index in [0.717, 1.165) is 5.56 Å². The number of nitrogens with zero attached hydrogens (tertiary/aromatic N) is 1. The van der Waals surface area contributed by atoms with Gasteiger partial charge in [-0.25, -0.2) is 0 Å². The second-order valence-electron chi connectivity index (χ2n) is 4.63. The molecule has 2 N–H and O–H groups in total. The molecule has 0 saturated carbocycles. The first-order valence-electron chi connectivity index (χ1n) is 6.78. The Balaban J connectivity index is 1.92. The first-order chi connectivity index (χ1) is 10.7. The molecule has 2 rings (SSSR count). The average molecular weight is 293 g/mol. The Morgan fingerprint density at radius 3 is 2.32 bits per heavy atom. The fraction of sp³-hybridized carbons (Fsp3) is 0.118. The first-order valence-corrected chi connectivity index (χ1v) is 6.78. The summed E-state index contributed by atoms with van der Waals surface area (Å²) in [5.41, 5.74) is 2.00. The predicted molar refractivity (Wildman–Crippen MR) is 83.2 cm³/mol. The standard InChI is InChI=1S/C17H15N3O2/c18-10-11-19-17(22)14-6-8-15(9-7-14)20-16(21)12-13-4-2-1-3-5-13/h1-9H,11-12H2,(H,19,22)(H,20,21). The van der Waals surface area contributed by atoms with Crippen molar-refractivity contribution in [2.75, 3.05) is 11.9 Å². The van der Waals surface area contributed by atoms with Gasteiger partial charge in [-0.2, -0.15) is 5.26 Å². The Morgan fingerprint density at radius 1 is 1.00 bits per heavy atom. The molecular weight excluding hydrogens is 278 g/mol. The van der Waals surface area contributed by atoms with Gasteiger partial charge in [-0.15, -0.1) is 0 Å². The highest BCUT2D eigenvalue weighted by atomic mass is 16.2. The number of hydrogen-bond donors (Lipinski definition) is 2. The lowest BCUT2D eigenvalue weighted by Crippen LogP contribution is -2.23. The van der Waals surface area contributed by atoms with E-state index in [0.29, 0.717) is 17.7 Å². The largest absolute Gasteiger partial charge is 0.339 e. The SMILES string of the molecule is N#CCNC(=O)c1ccc(NC(=O)Cc2ccccc2)cc1. The van der Waals surface area contributed by atoms with Crippen molar-refractivity contribution in [1.29, 1.82) is 5.26 Å². The number of anilines is 1. The summed E-state index contributed by atoms with van der Waals surface area (Å²) in [7, 11) is 0. The van der Waals surface area contributed by atoms with Crippen molar-refractivity contribution in [2.45, 2.75) is 6.42 Å². The second kappa shape index (κ2) is 7.60. The van der Waals surface area contributed by atoms with Gasteiger partial charge in [-0.3, -0.25) is 9.59 Å². The Kier molecular flexibility index (Phi) is 5.27. The molecule has 2 aromatic carbocycles. The highest BCUT2D eigenvalue weighted by Crippen LogP contribution is 2.10. The van der Waals surface area contributed by atoms with Crippen molar-refractivity contribution in [3.05, 3.63) is 65.7 Å². The fourth-order valence-electron chi connectivity index (χ4n) is 1.91. The summed E-state index contributed by atoms with van der Waals surface area (Å²) in [4.78, 5) is 23.5. The van der Waals surface area contributed by atoms with Crippen LogP contribution in [0.2, 0.25) is 0 Å². The zero-order valence-electron chi connectivity index (χ0n) is 11.9. The van der Waals surface area contributed by atoms with Crippen LogP contribution < -0.4 is 10.6 Å². The molecule has 0 aliphatic carbocycles. The summed E-state index contributed by atoms with van der Waals surface area (Å²) in [6.07, 6.45) is 0.297. The minimum Gasteiger partial charge on any atom is -0.339 e. The molecule has 5 nitrogen and oxygen atoms in total. The third-order valence-electron chi connectivity index (χ3n) is 2.97. The number of amides is 2. The highest BCUT2D eigenvalue weighted by molar-refractivity contribution is 5.96. The molecule has 0 fully saturated rings. The van der Waals surface area contributed by atoms with Crippen molar-refractivity contribution in [3.8, 4) is 6.07 Å². The summed E-state index contributed by atoms with van der Waals surface area (Å²) in [6, 6.07) is 17.8. The molecule has 0 aromatic heterocycles. The first kappa shape index (κ1) is 15.3. The van der Waals surface area contributed by atoms with Crippen LogP contribution in [0.4, 0.5) is 5.69 Å². The summed E-state index contributed by atoms with van der Waals surface area (Å²) in [6.45, 7) is -0.0333. The molecule has 110 valence electrons. The summed E-state index contributed by atoms with van der Waals surface area (Å²) in [5.74, 6) is -0.434. The van der Waals surface area contributed by atoms with E-state index in [1.807, 2.05) is 36.4 Å². The molecule has 22 heavy (non-hydrogen) atoms. The van der Waals surface area contributed by atoms with Gasteiger partial charge in [-0.05, 0) is 29.8 Å². The van der Waals surface area contributed by atoms with Crippen molar-refractivity contribution in [1.82, 2.24) is 5.32 Å². The lowest BCUT2D eigenvalue weighted by molar-refractivity contribution is -0.115. The number of nitrogens with one attached hydrogen (secondary N) is 2. The van der Waals surface area contributed by atoms with Crippen molar-refractivity contribution < 1.29 is 9.59 Å². The van der Waals surface area contributed by atoms with Gasteiger partial charge in [0.25, 0.3) is 5.91 Å². The molecule has 0 aliphatic rings. The topological polar surface area (TPSA) is 82.0 Å². The smallest absolute Gasteiger partial charge is 0.252 e. The van der Waals surface area contributed by atoms with E-state index >= 15 is 0 Å². The van der Waals surface area contributed by atoms with E-state index in [-0.39, 0.29) is 18.4 Å². The van der Waals surface area contributed by atoms with E-state index in [2.05, 4.69) is 10.6 Å². The summed E-state index contributed by atoms with van der Waals surface area (Å²) < 4.78 is 0. The third kappa shape index (κ3) is 4.46. The third-order valence-corrected chi connectivity index (χ3v) is 2.97. The Bertz CT molecular complexity index is 688. The van der Waals surface area contributed by atoms with Gasteiger partial charge >= 0.3 is 0 Å². The number of carbonyl (C=O) groups is 2. The molecule has 0 heterocycles. The van der Waals surface area contributed by atoms with Crippen LogP contribution in [0.5, 0.6) is 0 Å². The summed E-state index contributed by atoms with van der Waals surface area (Å²) >= 11 is 0. The van der Waals surface area contributed by atoms with Gasteiger partial charge in [0.1, 0.15) is 6.54 Å². The molecule has 0 aliphatic heterocycles. The molecule has 0 saturated heterocycles. The normalized spacial score (nSPS) is 9.59. The van der Waals surface area contributed by atoms with Gasteiger partial charge in [0, 0.05) is 11.3 Å². The fourth-order valence-corrected chi connectivity index (χ4v) is 1.91. The van der Waals surface area contributed by atoms with Crippen LogP contribution in [0.25, 0.3) is 0 Å². The molecule has 0 radical (unpaired) electrons. The maximum absolute atomic E-state index is 11.9. The predicted octanol–water partition coefficient (Wildman–Crippen LogP) is 2.12. The van der Waals surface area contributed by atoms with Gasteiger partial charge in [0.15, 0.2) is 0 Å². The van der Waals surface area contributed by atoms with E-state index in [1.54, 1.807) is 24.3 Å². The molecule has 0 unspecified atom stereocenters. The number of benzene rings is 2. The number of carbonyl (C=O) groups excluding carboxylic acids is 2. The molecule has 2 aromatic rings. The van der Waals surface area contributed by atoms with Crippen LogP contribution in [0, 0.1) is 11.3 Å². The second-order valence-corrected chi connectivity index (χ2v) is 4.63. The van der Waals surface area contributed by atoms with E-state index in [4.69, 9.17) is 5.26 Å².